The van der Waals surface area contributed by atoms with Crippen molar-refractivity contribution < 1.29 is 20.1 Å². The number of aryl methyl sites for hydroxylation is 1. The van der Waals surface area contributed by atoms with Crippen molar-refractivity contribution in [3.8, 4) is 5.88 Å². The van der Waals surface area contributed by atoms with E-state index in [4.69, 9.17) is 14.9 Å². The van der Waals surface area contributed by atoms with Crippen molar-refractivity contribution in [1.29, 1.82) is 0 Å². The molecule has 0 saturated carbocycles. The number of rotatable bonds is 3. The molecule has 1 fully saturated rings. The van der Waals surface area contributed by atoms with Crippen LogP contribution in [0, 0.1) is 6.92 Å². The topological polar surface area (TPSA) is 128 Å². The van der Waals surface area contributed by atoms with E-state index < -0.39 is 12.1 Å². The van der Waals surface area contributed by atoms with E-state index in [2.05, 4.69) is 20.2 Å². The maximum atomic E-state index is 10.3. The zero-order chi connectivity index (χ0) is 15.9. The van der Waals surface area contributed by atoms with Crippen LogP contribution in [0.25, 0.3) is 11.0 Å². The number of hydrogen-bond acceptors (Lipinski definition) is 8. The van der Waals surface area contributed by atoms with Crippen LogP contribution in [-0.4, -0.2) is 60.7 Å². The van der Waals surface area contributed by atoms with E-state index in [1.54, 1.807) is 13.8 Å². The summed E-state index contributed by atoms with van der Waals surface area (Å²) < 4.78 is 4.89. The van der Waals surface area contributed by atoms with Gasteiger partial charge in [0.1, 0.15) is 17.0 Å². The number of fused-ring (bicyclic) bond motifs is 1. The fraction of sp³-hybridized carbons (Fsp3) is 0.615. The lowest BCUT2D eigenvalue weighted by Gasteiger charge is -2.37. The molecule has 1 saturated heterocycles. The normalized spacial score (nSPS) is 22.5. The van der Waals surface area contributed by atoms with Gasteiger partial charge >= 0.3 is 6.48 Å². The lowest BCUT2D eigenvalue weighted by atomic mass is 9.95. The van der Waals surface area contributed by atoms with Crippen LogP contribution in [0.1, 0.15) is 25.6 Å². The molecule has 0 aromatic carbocycles. The van der Waals surface area contributed by atoms with Crippen molar-refractivity contribution in [3.05, 3.63) is 5.82 Å². The van der Waals surface area contributed by atoms with Crippen molar-refractivity contribution in [2.45, 2.75) is 38.8 Å². The van der Waals surface area contributed by atoms with Crippen molar-refractivity contribution in [2.24, 2.45) is 0 Å². The summed E-state index contributed by atoms with van der Waals surface area (Å²) in [5, 5.41) is 35.4. The maximum absolute atomic E-state index is 10.3. The van der Waals surface area contributed by atoms with Crippen LogP contribution >= 0.6 is 0 Å². The van der Waals surface area contributed by atoms with Crippen LogP contribution in [0.4, 0.5) is 5.82 Å². The van der Waals surface area contributed by atoms with E-state index >= 15 is 0 Å². The van der Waals surface area contributed by atoms with E-state index in [1.165, 1.54) is 0 Å². The number of aromatic nitrogens is 4. The lowest BCUT2D eigenvalue weighted by molar-refractivity contribution is -0.180. The molecule has 9 heteroatoms. The quantitative estimate of drug-likeness (QED) is 0.567. The van der Waals surface area contributed by atoms with Crippen molar-refractivity contribution in [2.75, 3.05) is 18.0 Å². The monoisotopic (exact) mass is 309 g/mol. The second kappa shape index (κ2) is 5.34. The summed E-state index contributed by atoms with van der Waals surface area (Å²) in [5.41, 5.74) is -0.353. The van der Waals surface area contributed by atoms with E-state index in [9.17, 15) is 5.11 Å². The summed E-state index contributed by atoms with van der Waals surface area (Å²) in [6, 6.07) is 0. The number of piperidine rings is 1. The predicted octanol–water partition coefficient (Wildman–Crippen LogP) is -0.340. The largest absolute Gasteiger partial charge is 0.421 e. The first-order valence-corrected chi connectivity index (χ1v) is 7.08. The fourth-order valence-electron chi connectivity index (χ4n) is 2.81. The van der Waals surface area contributed by atoms with Crippen molar-refractivity contribution in [1.82, 2.24) is 20.2 Å². The number of aromatic amines is 1. The Morgan fingerprint density at radius 1 is 1.36 bits per heavy atom. The van der Waals surface area contributed by atoms with E-state index in [0.29, 0.717) is 29.2 Å². The molecule has 2 aromatic heterocycles. The molecule has 1 aliphatic heterocycles. The highest BCUT2D eigenvalue weighted by Crippen LogP contribution is 2.33. The molecule has 3 rings (SSSR count). The van der Waals surface area contributed by atoms with Crippen LogP contribution in [0.3, 0.4) is 0 Å². The number of nitrogens with zero attached hydrogens (tertiary/aromatic N) is 4. The van der Waals surface area contributed by atoms with Gasteiger partial charge in [-0.25, -0.2) is 9.97 Å². The molecule has 0 radical (unpaired) electrons. The van der Waals surface area contributed by atoms with Gasteiger partial charge in [0.2, 0.25) is 5.88 Å². The molecular formula is C13H19N5O4. The predicted molar refractivity (Wildman–Crippen MR) is 77.3 cm³/mol. The van der Waals surface area contributed by atoms with Gasteiger partial charge in [-0.3, -0.25) is 5.10 Å². The molecule has 4 N–H and O–H groups in total. The fourth-order valence-corrected chi connectivity index (χ4v) is 2.81. The number of hydrogen-bond donors (Lipinski definition) is 4. The molecule has 0 spiro atoms. The lowest BCUT2D eigenvalue weighted by Crippen LogP contribution is -2.46. The van der Waals surface area contributed by atoms with Crippen LogP contribution in [-0.2, 0) is 0 Å². The van der Waals surface area contributed by atoms with Gasteiger partial charge in [-0.05, 0) is 26.7 Å². The highest BCUT2D eigenvalue weighted by atomic mass is 16.7. The van der Waals surface area contributed by atoms with Crippen molar-refractivity contribution in [3.63, 3.8) is 0 Å². The molecule has 0 unspecified atom stereocenters. The zero-order valence-corrected chi connectivity index (χ0v) is 12.4. The highest BCUT2D eigenvalue weighted by molar-refractivity contribution is 5.92. The Labute approximate surface area is 126 Å². The molecular weight excluding hydrogens is 290 g/mol. The summed E-state index contributed by atoms with van der Waals surface area (Å²) in [5.74, 6) is 1.13. The molecule has 120 valence electrons. The zero-order valence-electron chi connectivity index (χ0n) is 12.4. The molecule has 9 nitrogen and oxygen atoms in total. The standard InChI is InChI=1S/C13H19N5O4/c1-7-14-9-8(11(17-16-9)22-12(19)20)10(15-7)18-5-3-4-13(2,21)6-18/h12,19-21H,3-6H2,1-2H3,(H,14,15,16,17)/t13-/m0/s1. The average Bonchev–Trinajstić information content (AvgIpc) is 2.78. The average molecular weight is 309 g/mol. The Bertz CT molecular complexity index is 684. The third-order valence-corrected chi connectivity index (χ3v) is 3.67. The van der Waals surface area contributed by atoms with Gasteiger partial charge in [0.25, 0.3) is 0 Å². The Kier molecular flexibility index (Phi) is 3.63. The molecule has 0 amide bonds. The minimum atomic E-state index is -1.98. The minimum absolute atomic E-state index is 0.0187. The number of H-pyrrole nitrogens is 1. The first-order chi connectivity index (χ1) is 10.4. The minimum Gasteiger partial charge on any atom is -0.421 e. The Morgan fingerprint density at radius 2 is 2.14 bits per heavy atom. The van der Waals surface area contributed by atoms with Gasteiger partial charge in [-0.15, -0.1) is 5.10 Å². The maximum Gasteiger partial charge on any atom is 0.312 e. The number of anilines is 1. The van der Waals surface area contributed by atoms with Gasteiger partial charge in [0.15, 0.2) is 5.65 Å². The summed E-state index contributed by atoms with van der Waals surface area (Å²) in [6.07, 6.45) is 1.55. The van der Waals surface area contributed by atoms with Gasteiger partial charge in [-0.2, -0.15) is 0 Å². The third kappa shape index (κ3) is 2.82. The Hall–Kier alpha value is -1.97. The van der Waals surface area contributed by atoms with Crippen LogP contribution in [0.2, 0.25) is 0 Å². The Morgan fingerprint density at radius 3 is 2.82 bits per heavy atom. The van der Waals surface area contributed by atoms with E-state index in [-0.39, 0.29) is 5.88 Å². The summed E-state index contributed by atoms with van der Waals surface area (Å²) >= 11 is 0. The molecule has 1 atom stereocenters. The Balaban J connectivity index is 2.08. The van der Waals surface area contributed by atoms with E-state index in [0.717, 1.165) is 19.4 Å². The van der Waals surface area contributed by atoms with Crippen LogP contribution in [0.15, 0.2) is 0 Å². The number of aliphatic hydroxyl groups excluding tert-OH is 1. The number of β-amino-alcohol motifs (C(OH)–C–C–N with tert-alkyl or cyclic N) is 1. The number of ether oxygens (including phenoxy) is 1. The molecule has 3 heterocycles. The molecule has 2 aromatic rings. The summed E-state index contributed by atoms with van der Waals surface area (Å²) in [4.78, 5) is 10.6. The van der Waals surface area contributed by atoms with Gasteiger partial charge < -0.3 is 25.0 Å². The van der Waals surface area contributed by atoms with Gasteiger partial charge in [0.05, 0.1) is 5.60 Å². The summed E-state index contributed by atoms with van der Waals surface area (Å²) in [6.45, 7) is 2.71. The van der Waals surface area contributed by atoms with Gasteiger partial charge in [0, 0.05) is 13.1 Å². The molecule has 0 aliphatic carbocycles. The van der Waals surface area contributed by atoms with E-state index in [1.807, 2.05) is 4.90 Å². The smallest absolute Gasteiger partial charge is 0.312 e. The van der Waals surface area contributed by atoms with Crippen LogP contribution in [0.5, 0.6) is 5.88 Å². The summed E-state index contributed by atoms with van der Waals surface area (Å²) in [7, 11) is 0. The first kappa shape index (κ1) is 14.9. The second-order valence-electron chi connectivity index (χ2n) is 5.81. The molecule has 22 heavy (non-hydrogen) atoms. The third-order valence-electron chi connectivity index (χ3n) is 3.67. The second-order valence-corrected chi connectivity index (χ2v) is 5.81. The molecule has 1 aliphatic rings. The number of aliphatic hydroxyl groups is 3. The van der Waals surface area contributed by atoms with Crippen LogP contribution < -0.4 is 9.64 Å². The van der Waals surface area contributed by atoms with Crippen molar-refractivity contribution >= 4 is 16.9 Å². The highest BCUT2D eigenvalue weighted by Gasteiger charge is 2.31. The SMILES string of the molecule is Cc1nc(N2CCC[C@](C)(O)C2)c2c(OC(O)O)n[nH]c2n1. The van der Waals surface area contributed by atoms with Gasteiger partial charge in [-0.1, -0.05) is 0 Å². The first-order valence-electron chi connectivity index (χ1n) is 7.08. The molecule has 0 bridgehead atoms. The number of nitrogens with one attached hydrogen (secondary N) is 1.